The van der Waals surface area contributed by atoms with Crippen LogP contribution in [0, 0.1) is 0 Å². The predicted molar refractivity (Wildman–Crippen MR) is 127 cm³/mol. The number of unbranched alkanes of at least 4 members (excludes halogenated alkanes) is 17. The molecule has 168 valence electrons. The van der Waals surface area contributed by atoms with Crippen molar-refractivity contribution >= 4 is 18.7 Å². The molecule has 28 heavy (non-hydrogen) atoms. The van der Waals surface area contributed by atoms with E-state index in [1.54, 1.807) is 0 Å². The molecule has 0 heterocycles. The van der Waals surface area contributed by atoms with Crippen molar-refractivity contribution in [3.63, 3.8) is 0 Å². The fraction of sp³-hybridized carbons (Fsp3) is 0.958. The molecule has 0 aliphatic heterocycles. The van der Waals surface area contributed by atoms with Crippen molar-refractivity contribution < 1.29 is 9.53 Å². The molecule has 0 aliphatic carbocycles. The van der Waals surface area contributed by atoms with Crippen LogP contribution in [-0.4, -0.2) is 25.0 Å². The van der Waals surface area contributed by atoms with Crippen LogP contribution in [0.2, 0.25) is 0 Å². The Bertz CT molecular complexity index is 313. The van der Waals surface area contributed by atoms with Crippen LogP contribution < -0.4 is 5.32 Å². The highest BCUT2D eigenvalue weighted by atomic mass is 32.1. The summed E-state index contributed by atoms with van der Waals surface area (Å²) in [5.74, 6) is 1.04. The molecule has 0 unspecified atom stereocenters. The van der Waals surface area contributed by atoms with Crippen molar-refractivity contribution in [3.8, 4) is 0 Å². The maximum absolute atomic E-state index is 11.5. The first kappa shape index (κ1) is 27.6. The van der Waals surface area contributed by atoms with E-state index in [9.17, 15) is 4.79 Å². The fourth-order valence-electron chi connectivity index (χ4n) is 3.47. The zero-order chi connectivity index (χ0) is 20.5. The topological polar surface area (TPSA) is 38.3 Å². The molecule has 0 saturated heterocycles. The van der Waals surface area contributed by atoms with Crippen molar-refractivity contribution in [3.05, 3.63) is 0 Å². The number of ether oxygens (including phenoxy) is 1. The van der Waals surface area contributed by atoms with Crippen molar-refractivity contribution in [2.45, 2.75) is 129 Å². The van der Waals surface area contributed by atoms with Gasteiger partial charge in [0.2, 0.25) is 0 Å². The fourth-order valence-corrected chi connectivity index (χ4v) is 3.69. The molecule has 0 bridgehead atoms. The van der Waals surface area contributed by atoms with Gasteiger partial charge in [0, 0.05) is 6.54 Å². The third-order valence-corrected chi connectivity index (χ3v) is 5.65. The molecule has 0 aromatic rings. The summed E-state index contributed by atoms with van der Waals surface area (Å²) in [6.45, 7) is 3.53. The summed E-state index contributed by atoms with van der Waals surface area (Å²) >= 11 is 4.25. The predicted octanol–water partition coefficient (Wildman–Crippen LogP) is 8.07. The van der Waals surface area contributed by atoms with Gasteiger partial charge >= 0.3 is 6.09 Å². The normalized spacial score (nSPS) is 10.9. The SMILES string of the molecule is CCCCCCCNC(=O)OCCCCCCCCCCCCCCCCS. The molecule has 1 N–H and O–H groups in total. The van der Waals surface area contributed by atoms with Crippen LogP contribution >= 0.6 is 12.6 Å². The summed E-state index contributed by atoms with van der Waals surface area (Å²) in [5, 5.41) is 2.85. The number of alkyl carbamates (subject to hydrolysis) is 1. The van der Waals surface area contributed by atoms with E-state index in [0.29, 0.717) is 6.61 Å². The standard InChI is InChI=1S/C24H49NO2S/c1-2-3-4-15-18-21-25-24(26)27-22-19-16-13-11-9-7-5-6-8-10-12-14-17-20-23-28/h28H,2-23H2,1H3,(H,25,26). The van der Waals surface area contributed by atoms with Crippen LogP contribution in [0.5, 0.6) is 0 Å². The lowest BCUT2D eigenvalue weighted by molar-refractivity contribution is 0.143. The van der Waals surface area contributed by atoms with E-state index in [1.165, 1.54) is 109 Å². The number of rotatable bonds is 22. The van der Waals surface area contributed by atoms with Crippen molar-refractivity contribution in [2.24, 2.45) is 0 Å². The third-order valence-electron chi connectivity index (χ3n) is 5.34. The monoisotopic (exact) mass is 415 g/mol. The molecule has 1 amide bonds. The average Bonchev–Trinajstić information content (AvgIpc) is 2.70. The minimum absolute atomic E-state index is 0.239. The zero-order valence-electron chi connectivity index (χ0n) is 18.8. The van der Waals surface area contributed by atoms with Crippen LogP contribution in [0.3, 0.4) is 0 Å². The lowest BCUT2D eigenvalue weighted by atomic mass is 10.0. The van der Waals surface area contributed by atoms with Gasteiger partial charge in [0.25, 0.3) is 0 Å². The van der Waals surface area contributed by atoms with Crippen LogP contribution in [0.1, 0.15) is 129 Å². The number of hydrogen-bond acceptors (Lipinski definition) is 3. The summed E-state index contributed by atoms with van der Waals surface area (Å²) < 4.78 is 5.23. The molecule has 0 atom stereocenters. The quantitative estimate of drug-likeness (QED) is 0.138. The number of amides is 1. The Balaban J connectivity index is 3.10. The summed E-state index contributed by atoms with van der Waals surface area (Å²) in [6.07, 6.45) is 24.4. The second-order valence-corrected chi connectivity index (χ2v) is 8.60. The van der Waals surface area contributed by atoms with Gasteiger partial charge < -0.3 is 10.1 Å². The van der Waals surface area contributed by atoms with Gasteiger partial charge in [-0.1, -0.05) is 110 Å². The Hall–Kier alpha value is -0.380. The number of carbonyl (C=O) groups is 1. The third kappa shape index (κ3) is 23.7. The lowest BCUT2D eigenvalue weighted by Gasteiger charge is -2.07. The number of thiol groups is 1. The minimum atomic E-state index is -0.239. The minimum Gasteiger partial charge on any atom is -0.450 e. The number of nitrogens with one attached hydrogen (secondary N) is 1. The van der Waals surface area contributed by atoms with Gasteiger partial charge in [-0.15, -0.1) is 0 Å². The van der Waals surface area contributed by atoms with Gasteiger partial charge in [-0.3, -0.25) is 0 Å². The van der Waals surface area contributed by atoms with E-state index in [4.69, 9.17) is 4.74 Å². The summed E-state index contributed by atoms with van der Waals surface area (Å²) in [6, 6.07) is 0. The van der Waals surface area contributed by atoms with E-state index < -0.39 is 0 Å². The second kappa shape index (κ2) is 24.7. The highest BCUT2D eigenvalue weighted by molar-refractivity contribution is 7.80. The van der Waals surface area contributed by atoms with Crippen LogP contribution in [-0.2, 0) is 4.74 Å². The van der Waals surface area contributed by atoms with Gasteiger partial charge in [0.05, 0.1) is 6.61 Å². The maximum atomic E-state index is 11.5. The van der Waals surface area contributed by atoms with Crippen molar-refractivity contribution in [1.82, 2.24) is 5.32 Å². The van der Waals surface area contributed by atoms with E-state index in [1.807, 2.05) is 0 Å². The number of hydrogen-bond donors (Lipinski definition) is 2. The molecular weight excluding hydrogens is 366 g/mol. The first-order valence-electron chi connectivity index (χ1n) is 12.3. The van der Waals surface area contributed by atoms with Gasteiger partial charge in [-0.25, -0.2) is 4.79 Å². The van der Waals surface area contributed by atoms with Gasteiger partial charge in [-0.05, 0) is 25.0 Å². The van der Waals surface area contributed by atoms with Crippen LogP contribution in [0.15, 0.2) is 0 Å². The van der Waals surface area contributed by atoms with Crippen LogP contribution in [0.4, 0.5) is 4.79 Å². The smallest absolute Gasteiger partial charge is 0.407 e. The molecule has 0 aromatic heterocycles. The molecule has 0 aromatic carbocycles. The van der Waals surface area contributed by atoms with Crippen molar-refractivity contribution in [2.75, 3.05) is 18.9 Å². The van der Waals surface area contributed by atoms with Crippen LogP contribution in [0.25, 0.3) is 0 Å². The molecule has 3 nitrogen and oxygen atoms in total. The van der Waals surface area contributed by atoms with Gasteiger partial charge in [0.15, 0.2) is 0 Å². The Kier molecular flexibility index (Phi) is 24.3. The maximum Gasteiger partial charge on any atom is 0.407 e. The zero-order valence-corrected chi connectivity index (χ0v) is 19.7. The molecule has 0 aliphatic rings. The summed E-state index contributed by atoms with van der Waals surface area (Å²) in [4.78, 5) is 11.5. The van der Waals surface area contributed by atoms with Gasteiger partial charge in [-0.2, -0.15) is 12.6 Å². The molecule has 0 saturated carbocycles. The number of carbonyl (C=O) groups excluding carboxylic acids is 1. The first-order valence-corrected chi connectivity index (χ1v) is 13.0. The summed E-state index contributed by atoms with van der Waals surface area (Å²) in [7, 11) is 0. The molecule has 4 heteroatoms. The van der Waals surface area contributed by atoms with Crippen molar-refractivity contribution in [1.29, 1.82) is 0 Å². The Labute approximate surface area is 181 Å². The van der Waals surface area contributed by atoms with E-state index >= 15 is 0 Å². The Morgan fingerprint density at radius 2 is 1.07 bits per heavy atom. The summed E-state index contributed by atoms with van der Waals surface area (Å²) in [5.41, 5.74) is 0. The van der Waals surface area contributed by atoms with E-state index in [-0.39, 0.29) is 6.09 Å². The Morgan fingerprint density at radius 1 is 0.643 bits per heavy atom. The van der Waals surface area contributed by atoms with E-state index in [2.05, 4.69) is 24.9 Å². The molecule has 0 radical (unpaired) electrons. The molecular formula is C24H49NO2S. The van der Waals surface area contributed by atoms with Gasteiger partial charge in [0.1, 0.15) is 0 Å². The molecule has 0 spiro atoms. The highest BCUT2D eigenvalue weighted by Crippen LogP contribution is 2.13. The molecule has 0 fully saturated rings. The lowest BCUT2D eigenvalue weighted by Crippen LogP contribution is -2.25. The molecule has 0 rings (SSSR count). The first-order chi connectivity index (χ1) is 13.8. The highest BCUT2D eigenvalue weighted by Gasteiger charge is 2.00. The second-order valence-electron chi connectivity index (χ2n) is 8.15. The Morgan fingerprint density at radius 3 is 1.57 bits per heavy atom. The largest absolute Gasteiger partial charge is 0.450 e. The van der Waals surface area contributed by atoms with E-state index in [0.717, 1.165) is 25.1 Å². The average molecular weight is 416 g/mol.